The van der Waals surface area contributed by atoms with Crippen LogP contribution in [0.25, 0.3) is 22.6 Å². The predicted molar refractivity (Wildman–Crippen MR) is 108 cm³/mol. The lowest BCUT2D eigenvalue weighted by Crippen LogP contribution is -2.12. The molecule has 0 radical (unpaired) electrons. The molecule has 1 N–H and O–H groups in total. The van der Waals surface area contributed by atoms with Crippen molar-refractivity contribution >= 4 is 22.7 Å². The third kappa shape index (κ3) is 3.60. The summed E-state index contributed by atoms with van der Waals surface area (Å²) in [5.41, 5.74) is 6.98. The highest BCUT2D eigenvalue weighted by atomic mass is 16.3. The van der Waals surface area contributed by atoms with E-state index in [0.29, 0.717) is 28.2 Å². The summed E-state index contributed by atoms with van der Waals surface area (Å²) in [6.45, 7) is 6.01. The highest BCUT2D eigenvalue weighted by Crippen LogP contribution is 2.26. The van der Waals surface area contributed by atoms with Crippen molar-refractivity contribution in [2.24, 2.45) is 0 Å². The zero-order valence-corrected chi connectivity index (χ0v) is 15.5. The molecule has 1 heterocycles. The molecule has 4 rings (SSSR count). The Balaban J connectivity index is 1.61. The topological polar surface area (TPSA) is 55.1 Å². The van der Waals surface area contributed by atoms with E-state index in [4.69, 9.17) is 4.42 Å². The number of aromatic nitrogens is 1. The highest BCUT2D eigenvalue weighted by molar-refractivity contribution is 6.05. The van der Waals surface area contributed by atoms with Crippen LogP contribution in [0.3, 0.4) is 0 Å². The first-order valence-electron chi connectivity index (χ1n) is 8.85. The summed E-state index contributed by atoms with van der Waals surface area (Å²) >= 11 is 0. The van der Waals surface area contributed by atoms with E-state index in [2.05, 4.69) is 10.3 Å². The average Bonchev–Trinajstić information content (AvgIpc) is 3.04. The van der Waals surface area contributed by atoms with Gasteiger partial charge < -0.3 is 9.73 Å². The molecule has 4 heteroatoms. The Morgan fingerprint density at radius 1 is 0.852 bits per heavy atom. The molecule has 27 heavy (non-hydrogen) atoms. The van der Waals surface area contributed by atoms with Crippen LogP contribution in [0, 0.1) is 20.8 Å². The number of anilines is 1. The van der Waals surface area contributed by atoms with Crippen molar-refractivity contribution in [2.45, 2.75) is 20.8 Å². The zero-order chi connectivity index (χ0) is 19.0. The van der Waals surface area contributed by atoms with Gasteiger partial charge in [0.25, 0.3) is 5.91 Å². The summed E-state index contributed by atoms with van der Waals surface area (Å²) in [7, 11) is 0. The molecular formula is C23H20N2O2. The quantitative estimate of drug-likeness (QED) is 0.514. The van der Waals surface area contributed by atoms with Gasteiger partial charge in [-0.05, 0) is 63.2 Å². The molecule has 0 spiro atoms. The number of benzene rings is 3. The number of oxazole rings is 1. The minimum atomic E-state index is -0.136. The number of carbonyl (C=O) groups excluding carboxylic acids is 1. The van der Waals surface area contributed by atoms with Gasteiger partial charge in [0.1, 0.15) is 5.52 Å². The van der Waals surface area contributed by atoms with Crippen molar-refractivity contribution in [3.8, 4) is 11.5 Å². The van der Waals surface area contributed by atoms with E-state index in [1.54, 1.807) is 0 Å². The number of fused-ring (bicyclic) bond motifs is 1. The van der Waals surface area contributed by atoms with Gasteiger partial charge in [-0.1, -0.05) is 34.9 Å². The van der Waals surface area contributed by atoms with Crippen LogP contribution >= 0.6 is 0 Å². The molecular weight excluding hydrogens is 336 g/mol. The Labute approximate surface area is 157 Å². The van der Waals surface area contributed by atoms with Gasteiger partial charge >= 0.3 is 0 Å². The summed E-state index contributed by atoms with van der Waals surface area (Å²) in [5, 5.41) is 2.94. The number of nitrogens with zero attached hydrogens (tertiary/aromatic N) is 1. The minimum absolute atomic E-state index is 0.136. The summed E-state index contributed by atoms with van der Waals surface area (Å²) in [6.07, 6.45) is 0. The molecule has 0 aliphatic rings. The van der Waals surface area contributed by atoms with Gasteiger partial charge in [0.15, 0.2) is 5.58 Å². The van der Waals surface area contributed by atoms with E-state index >= 15 is 0 Å². The molecule has 0 fully saturated rings. The van der Waals surface area contributed by atoms with Crippen molar-refractivity contribution < 1.29 is 9.21 Å². The van der Waals surface area contributed by atoms with Crippen LogP contribution in [0.4, 0.5) is 5.69 Å². The molecule has 0 unspecified atom stereocenters. The molecule has 4 aromatic rings. The fraction of sp³-hybridized carbons (Fsp3) is 0.130. The zero-order valence-electron chi connectivity index (χ0n) is 15.5. The molecule has 0 saturated carbocycles. The normalized spacial score (nSPS) is 10.9. The largest absolute Gasteiger partial charge is 0.436 e. The van der Waals surface area contributed by atoms with Crippen LogP contribution in [-0.4, -0.2) is 10.9 Å². The molecule has 1 amide bonds. The molecule has 1 aromatic heterocycles. The molecule has 0 aliphatic carbocycles. The van der Waals surface area contributed by atoms with E-state index in [1.165, 1.54) is 5.56 Å². The van der Waals surface area contributed by atoms with Gasteiger partial charge in [0, 0.05) is 16.8 Å². The lowest BCUT2D eigenvalue weighted by Gasteiger charge is -2.07. The second kappa shape index (κ2) is 6.72. The maximum absolute atomic E-state index is 12.6. The number of hydrogen-bond donors (Lipinski definition) is 1. The van der Waals surface area contributed by atoms with Crippen molar-refractivity contribution in [1.82, 2.24) is 4.98 Å². The first kappa shape index (κ1) is 17.0. The summed E-state index contributed by atoms with van der Waals surface area (Å²) in [4.78, 5) is 17.1. The molecule has 0 aliphatic heterocycles. The lowest BCUT2D eigenvalue weighted by molar-refractivity contribution is 0.102. The fourth-order valence-corrected chi connectivity index (χ4v) is 3.13. The first-order chi connectivity index (χ1) is 13.0. The summed E-state index contributed by atoms with van der Waals surface area (Å²) in [5.74, 6) is 0.436. The van der Waals surface area contributed by atoms with Gasteiger partial charge in [-0.2, -0.15) is 0 Å². The third-order valence-corrected chi connectivity index (χ3v) is 4.43. The standard InChI is InChI=1S/C23H20N2O2/c1-14-4-6-17(7-5-14)23-25-20-13-19(8-9-21(20)27-23)24-22(26)18-11-15(2)10-16(3)12-18/h4-13H,1-3H3,(H,24,26). The molecule has 3 aromatic carbocycles. The molecule has 0 bridgehead atoms. The van der Waals surface area contributed by atoms with E-state index in [0.717, 1.165) is 16.7 Å². The van der Waals surface area contributed by atoms with E-state index in [9.17, 15) is 4.79 Å². The summed E-state index contributed by atoms with van der Waals surface area (Å²) < 4.78 is 5.85. The second-order valence-corrected chi connectivity index (χ2v) is 6.90. The monoisotopic (exact) mass is 356 g/mol. The van der Waals surface area contributed by atoms with Gasteiger partial charge in [0.05, 0.1) is 0 Å². The van der Waals surface area contributed by atoms with Crippen LogP contribution in [-0.2, 0) is 0 Å². The van der Waals surface area contributed by atoms with Crippen LogP contribution < -0.4 is 5.32 Å². The first-order valence-corrected chi connectivity index (χ1v) is 8.85. The number of hydrogen-bond acceptors (Lipinski definition) is 3. The van der Waals surface area contributed by atoms with Crippen LogP contribution in [0.15, 0.2) is 65.1 Å². The average molecular weight is 356 g/mol. The SMILES string of the molecule is Cc1ccc(-c2nc3cc(NC(=O)c4cc(C)cc(C)c4)ccc3o2)cc1. The second-order valence-electron chi connectivity index (χ2n) is 6.90. The smallest absolute Gasteiger partial charge is 0.255 e. The van der Waals surface area contributed by atoms with E-state index in [1.807, 2.05) is 81.4 Å². The van der Waals surface area contributed by atoms with E-state index < -0.39 is 0 Å². The minimum Gasteiger partial charge on any atom is -0.436 e. The van der Waals surface area contributed by atoms with Gasteiger partial charge in [-0.15, -0.1) is 0 Å². The Kier molecular flexibility index (Phi) is 4.24. The van der Waals surface area contributed by atoms with E-state index in [-0.39, 0.29) is 5.91 Å². The third-order valence-electron chi connectivity index (χ3n) is 4.43. The molecule has 4 nitrogen and oxygen atoms in total. The van der Waals surface area contributed by atoms with Crippen LogP contribution in [0.1, 0.15) is 27.0 Å². The van der Waals surface area contributed by atoms with Crippen molar-refractivity contribution in [1.29, 1.82) is 0 Å². The van der Waals surface area contributed by atoms with Crippen molar-refractivity contribution in [2.75, 3.05) is 5.32 Å². The van der Waals surface area contributed by atoms with Gasteiger partial charge in [-0.3, -0.25) is 4.79 Å². The number of carbonyl (C=O) groups is 1. The number of amides is 1. The highest BCUT2D eigenvalue weighted by Gasteiger charge is 2.11. The summed E-state index contributed by atoms with van der Waals surface area (Å²) in [6, 6.07) is 19.3. The maximum Gasteiger partial charge on any atom is 0.255 e. The lowest BCUT2D eigenvalue weighted by atomic mass is 10.1. The molecule has 0 saturated heterocycles. The van der Waals surface area contributed by atoms with Crippen molar-refractivity contribution in [3.05, 3.63) is 82.9 Å². The fourth-order valence-electron chi connectivity index (χ4n) is 3.13. The predicted octanol–water partition coefficient (Wildman–Crippen LogP) is 5.67. The Morgan fingerprint density at radius 3 is 2.26 bits per heavy atom. The van der Waals surface area contributed by atoms with Gasteiger partial charge in [0.2, 0.25) is 5.89 Å². The van der Waals surface area contributed by atoms with Gasteiger partial charge in [-0.25, -0.2) is 4.98 Å². The van der Waals surface area contributed by atoms with Crippen LogP contribution in [0.5, 0.6) is 0 Å². The molecule has 0 atom stereocenters. The van der Waals surface area contributed by atoms with Crippen LogP contribution in [0.2, 0.25) is 0 Å². The number of nitrogens with one attached hydrogen (secondary N) is 1. The Morgan fingerprint density at radius 2 is 1.56 bits per heavy atom. The number of rotatable bonds is 3. The Hall–Kier alpha value is -3.40. The molecule has 134 valence electrons. The van der Waals surface area contributed by atoms with Crippen molar-refractivity contribution in [3.63, 3.8) is 0 Å². The maximum atomic E-state index is 12.6. The number of aryl methyl sites for hydroxylation is 3. The Bertz CT molecular complexity index is 1120.